The number of aryl methyl sites for hydroxylation is 1. The minimum atomic E-state index is -1.59. The van der Waals surface area contributed by atoms with Gasteiger partial charge in [-0.1, -0.05) is 25.6 Å². The van der Waals surface area contributed by atoms with E-state index >= 15 is 0 Å². The zero-order valence-corrected chi connectivity index (χ0v) is 14.2. The molecule has 0 saturated carbocycles. The normalized spacial score (nSPS) is 10.4. The minimum absolute atomic E-state index is 0.233. The summed E-state index contributed by atoms with van der Waals surface area (Å²) in [6.07, 6.45) is 0. The maximum absolute atomic E-state index is 11.7. The van der Waals surface area contributed by atoms with Crippen LogP contribution in [0, 0.1) is 18.4 Å². The van der Waals surface area contributed by atoms with Gasteiger partial charge in [0.1, 0.15) is 13.9 Å². The van der Waals surface area contributed by atoms with Crippen molar-refractivity contribution in [2.45, 2.75) is 33.5 Å². The molecular formula is C15H20N2O3Si. The fourth-order valence-corrected chi connectivity index (χ4v) is 2.04. The third-order valence-corrected chi connectivity index (χ3v) is 3.36. The van der Waals surface area contributed by atoms with Gasteiger partial charge in [0.15, 0.2) is 0 Å². The number of carbonyl (C=O) groups is 2. The van der Waals surface area contributed by atoms with E-state index < -0.39 is 14.0 Å². The smallest absolute Gasteiger partial charge is 0.339 e. The summed E-state index contributed by atoms with van der Waals surface area (Å²) in [5, 5.41) is 2.65. The molecule has 0 unspecified atom stereocenters. The summed E-state index contributed by atoms with van der Waals surface area (Å²) in [7, 11) is -0.271. The lowest BCUT2D eigenvalue weighted by Crippen LogP contribution is -2.17. The van der Waals surface area contributed by atoms with Crippen molar-refractivity contribution in [2.75, 3.05) is 12.4 Å². The Morgan fingerprint density at radius 1 is 1.33 bits per heavy atom. The fraction of sp³-hybridized carbons (Fsp3) is 0.400. The van der Waals surface area contributed by atoms with Crippen LogP contribution in [0.1, 0.15) is 28.5 Å². The van der Waals surface area contributed by atoms with E-state index in [0.717, 1.165) is 0 Å². The van der Waals surface area contributed by atoms with E-state index in [1.807, 2.05) is 0 Å². The molecule has 1 heterocycles. The molecule has 0 radical (unpaired) electrons. The van der Waals surface area contributed by atoms with E-state index in [9.17, 15) is 9.59 Å². The van der Waals surface area contributed by atoms with E-state index in [1.165, 1.54) is 14.0 Å². The first-order valence-electron chi connectivity index (χ1n) is 6.55. The van der Waals surface area contributed by atoms with Gasteiger partial charge in [0.2, 0.25) is 5.91 Å². The number of nitrogens with zero attached hydrogens (tertiary/aromatic N) is 1. The highest BCUT2D eigenvalue weighted by atomic mass is 28.3. The molecule has 0 aliphatic carbocycles. The first kappa shape index (κ1) is 16.9. The van der Waals surface area contributed by atoms with Crippen LogP contribution in [0.15, 0.2) is 6.07 Å². The first-order chi connectivity index (χ1) is 9.64. The van der Waals surface area contributed by atoms with Crippen LogP contribution >= 0.6 is 0 Å². The van der Waals surface area contributed by atoms with Gasteiger partial charge in [-0.2, -0.15) is 0 Å². The maximum Gasteiger partial charge on any atom is 0.339 e. The Morgan fingerprint density at radius 3 is 2.43 bits per heavy atom. The molecule has 1 aromatic heterocycles. The fourth-order valence-electron chi connectivity index (χ4n) is 1.53. The lowest BCUT2D eigenvalue weighted by Gasteiger charge is -2.10. The van der Waals surface area contributed by atoms with E-state index in [1.54, 1.807) is 13.0 Å². The molecule has 1 N–H and O–H groups in total. The number of ether oxygens (including phenoxy) is 1. The average Bonchev–Trinajstić information content (AvgIpc) is 2.35. The van der Waals surface area contributed by atoms with Crippen molar-refractivity contribution in [2.24, 2.45) is 0 Å². The van der Waals surface area contributed by atoms with Gasteiger partial charge < -0.3 is 10.1 Å². The number of esters is 1. The second-order valence-electron chi connectivity index (χ2n) is 5.69. The summed E-state index contributed by atoms with van der Waals surface area (Å²) >= 11 is 0. The molecule has 0 atom stereocenters. The summed E-state index contributed by atoms with van der Waals surface area (Å²) in [5.41, 5.74) is 4.57. The van der Waals surface area contributed by atoms with Gasteiger partial charge in [-0.3, -0.25) is 4.79 Å². The number of nitrogens with one attached hydrogen (secondary N) is 1. The summed E-state index contributed by atoms with van der Waals surface area (Å²) < 4.78 is 4.73. The van der Waals surface area contributed by atoms with Crippen LogP contribution in [0.3, 0.4) is 0 Å². The molecule has 5 nitrogen and oxygen atoms in total. The van der Waals surface area contributed by atoms with E-state index in [-0.39, 0.29) is 5.91 Å². The van der Waals surface area contributed by atoms with Crippen LogP contribution in [0.2, 0.25) is 19.6 Å². The summed E-state index contributed by atoms with van der Waals surface area (Å²) in [6, 6.07) is 1.62. The molecule has 0 aliphatic rings. The molecule has 0 bridgehead atoms. The van der Waals surface area contributed by atoms with Crippen molar-refractivity contribution in [1.29, 1.82) is 0 Å². The Bertz CT molecular complexity index is 637. The van der Waals surface area contributed by atoms with Gasteiger partial charge in [-0.25, -0.2) is 9.78 Å². The first-order valence-corrected chi connectivity index (χ1v) is 10.0. The monoisotopic (exact) mass is 304 g/mol. The Morgan fingerprint density at radius 2 is 1.95 bits per heavy atom. The molecule has 112 valence electrons. The number of methoxy groups -OCH3 is 1. The Balaban J connectivity index is 3.43. The summed E-state index contributed by atoms with van der Waals surface area (Å²) in [4.78, 5) is 27.3. The molecule has 1 aromatic rings. The topological polar surface area (TPSA) is 68.3 Å². The van der Waals surface area contributed by atoms with Gasteiger partial charge in [0.25, 0.3) is 0 Å². The van der Waals surface area contributed by atoms with Crippen molar-refractivity contribution in [3.8, 4) is 11.5 Å². The Labute approximate surface area is 126 Å². The largest absolute Gasteiger partial charge is 0.465 e. The number of hydrogen-bond acceptors (Lipinski definition) is 4. The molecule has 0 aliphatic heterocycles. The lowest BCUT2D eigenvalue weighted by atomic mass is 10.1. The van der Waals surface area contributed by atoms with Crippen LogP contribution in [-0.2, 0) is 9.53 Å². The number of anilines is 1. The second-order valence-corrected chi connectivity index (χ2v) is 10.4. The third kappa shape index (κ3) is 5.04. The molecule has 0 saturated heterocycles. The van der Waals surface area contributed by atoms with E-state index in [2.05, 4.69) is 41.4 Å². The molecule has 0 aromatic carbocycles. The molecule has 6 heteroatoms. The lowest BCUT2D eigenvalue weighted by molar-refractivity contribution is -0.114. The predicted molar refractivity (Wildman–Crippen MR) is 84.8 cm³/mol. The molecule has 0 fully saturated rings. The van der Waals surface area contributed by atoms with Crippen LogP contribution < -0.4 is 5.32 Å². The molecule has 0 spiro atoms. The second kappa shape index (κ2) is 6.55. The van der Waals surface area contributed by atoms with Crippen molar-refractivity contribution < 1.29 is 14.3 Å². The van der Waals surface area contributed by atoms with E-state index in [4.69, 9.17) is 4.74 Å². The van der Waals surface area contributed by atoms with Crippen molar-refractivity contribution in [3.05, 3.63) is 22.9 Å². The molecular weight excluding hydrogens is 284 g/mol. The number of aromatic nitrogens is 1. The van der Waals surface area contributed by atoms with Crippen LogP contribution in [-0.4, -0.2) is 32.0 Å². The molecule has 1 rings (SSSR count). The number of hydrogen-bond donors (Lipinski definition) is 1. The number of carbonyl (C=O) groups excluding carboxylic acids is 2. The van der Waals surface area contributed by atoms with Gasteiger partial charge in [-0.15, -0.1) is 5.54 Å². The summed E-state index contributed by atoms with van der Waals surface area (Å²) in [6.45, 7) is 9.43. The zero-order chi connectivity index (χ0) is 16.2. The van der Waals surface area contributed by atoms with Crippen LogP contribution in [0.4, 0.5) is 5.82 Å². The Kier molecular flexibility index (Phi) is 5.27. The van der Waals surface area contributed by atoms with Crippen molar-refractivity contribution >= 4 is 25.8 Å². The SMILES string of the molecule is COC(=O)c1cc(C#C[Si](C)(C)C)c(NC(C)=O)nc1C. The van der Waals surface area contributed by atoms with Crippen LogP contribution in [0.25, 0.3) is 0 Å². The van der Waals surface area contributed by atoms with Crippen molar-refractivity contribution in [3.63, 3.8) is 0 Å². The molecule has 21 heavy (non-hydrogen) atoms. The van der Waals surface area contributed by atoms with Gasteiger partial charge in [0.05, 0.1) is 23.9 Å². The highest BCUT2D eigenvalue weighted by Gasteiger charge is 2.16. The highest BCUT2D eigenvalue weighted by Crippen LogP contribution is 2.18. The molecule has 1 amide bonds. The standard InChI is InChI=1S/C15H20N2O3Si/c1-10-13(15(19)20-3)9-12(7-8-21(4,5)6)14(16-10)17-11(2)18/h9H,1-6H3,(H,16,17,18). The third-order valence-electron chi connectivity index (χ3n) is 2.49. The Hall–Kier alpha value is -2.13. The van der Waals surface area contributed by atoms with Crippen molar-refractivity contribution in [1.82, 2.24) is 4.98 Å². The number of rotatable bonds is 2. The maximum atomic E-state index is 11.7. The highest BCUT2D eigenvalue weighted by molar-refractivity contribution is 6.83. The zero-order valence-electron chi connectivity index (χ0n) is 13.2. The van der Waals surface area contributed by atoms with E-state index in [0.29, 0.717) is 22.6 Å². The quantitative estimate of drug-likeness (QED) is 0.517. The van der Waals surface area contributed by atoms with Crippen LogP contribution in [0.5, 0.6) is 0 Å². The number of pyridine rings is 1. The predicted octanol–water partition coefficient (Wildman–Crippen LogP) is 2.36. The summed E-state index contributed by atoms with van der Waals surface area (Å²) in [5.74, 6) is 2.71. The van der Waals surface area contributed by atoms with Gasteiger partial charge in [0, 0.05) is 6.92 Å². The van der Waals surface area contributed by atoms with Gasteiger partial charge >= 0.3 is 5.97 Å². The number of amides is 1. The van der Waals surface area contributed by atoms with Gasteiger partial charge in [-0.05, 0) is 13.0 Å². The minimum Gasteiger partial charge on any atom is -0.465 e. The average molecular weight is 304 g/mol.